The number of amides is 5. The number of aromatic nitrogens is 4. The van der Waals surface area contributed by atoms with Crippen LogP contribution in [0.1, 0.15) is 140 Å². The van der Waals surface area contributed by atoms with Gasteiger partial charge in [-0.25, -0.2) is 15.0 Å². The van der Waals surface area contributed by atoms with Crippen molar-refractivity contribution in [2.45, 2.75) is 153 Å². The molecule has 7 fully saturated rings. The Morgan fingerprint density at radius 2 is 1.60 bits per heavy atom. The molecule has 3 aromatic heterocycles. The number of nitrogens with zero attached hydrogens (tertiary/aromatic N) is 9. The standard InChI is InChI=1S/C56H71N11O5/c1-35(2)66-34-58-45-31-44(60-51(50(45)66)59-39-9-10-39)37-7-12-43-46(28-37)67(41-29-40(30-41)62-20-5-4-6-21-62)54(72)56(43)18-25-64(26-19-56)53(71)55(3)16-23-63(24-17-55)49(69)27-36-15-22-65(33-36)47-13-8-38(32-57-47)42-11-14-48(68)61-52(42)70/h7-8,12-13,28,31-32,34-36,39-42H,4-6,9-11,14-27,29-30,33H2,1-3H3,(H,59,60)(H,61,68,70)/t36-,40?,41?,42?/m1/s1. The monoisotopic (exact) mass is 978 g/mol. The van der Waals surface area contributed by atoms with Crippen LogP contribution in [0.2, 0.25) is 0 Å². The third kappa shape index (κ3) is 8.52. The number of rotatable bonds is 11. The van der Waals surface area contributed by atoms with Crippen molar-refractivity contribution in [2.24, 2.45) is 11.3 Å². The summed E-state index contributed by atoms with van der Waals surface area (Å²) in [5.41, 5.74) is 5.44. The molecule has 8 aliphatic rings. The molecule has 5 saturated heterocycles. The second kappa shape index (κ2) is 18.5. The fraction of sp³-hybridized carbons (Fsp3) is 0.607. The Hall–Kier alpha value is -5.90. The number of piperidine rings is 4. The molecule has 2 N–H and O–H groups in total. The first-order valence-electron chi connectivity index (χ1n) is 27.3. The number of fused-ring (bicyclic) bond motifs is 3. The molecule has 1 spiro atoms. The summed E-state index contributed by atoms with van der Waals surface area (Å²) in [4.78, 5) is 93.4. The van der Waals surface area contributed by atoms with Crippen molar-refractivity contribution in [3.63, 3.8) is 0 Å². The number of carbonyl (C=O) groups excluding carboxylic acids is 5. The number of imidazole rings is 1. The largest absolute Gasteiger partial charge is 0.366 e. The van der Waals surface area contributed by atoms with E-state index < -0.39 is 10.8 Å². The maximum atomic E-state index is 15.3. The van der Waals surface area contributed by atoms with E-state index in [2.05, 4.69) is 79.9 Å². The molecule has 16 nitrogen and oxygen atoms in total. The molecule has 2 atom stereocenters. The summed E-state index contributed by atoms with van der Waals surface area (Å²) in [6.45, 7) is 12.4. The average molecular weight is 978 g/mol. The number of benzene rings is 1. The van der Waals surface area contributed by atoms with Crippen LogP contribution in [0.3, 0.4) is 0 Å². The van der Waals surface area contributed by atoms with Gasteiger partial charge in [-0.1, -0.05) is 31.5 Å². The molecule has 9 heterocycles. The van der Waals surface area contributed by atoms with E-state index in [9.17, 15) is 19.2 Å². The Labute approximate surface area is 422 Å². The van der Waals surface area contributed by atoms with Crippen molar-refractivity contribution in [2.75, 3.05) is 67.5 Å². The maximum Gasteiger partial charge on any atom is 0.238 e. The highest BCUT2D eigenvalue weighted by Gasteiger charge is 2.56. The van der Waals surface area contributed by atoms with Crippen LogP contribution in [0.5, 0.6) is 0 Å². The fourth-order valence-electron chi connectivity index (χ4n) is 13.4. The van der Waals surface area contributed by atoms with Gasteiger partial charge in [-0.3, -0.25) is 29.3 Å². The van der Waals surface area contributed by atoms with Gasteiger partial charge in [-0.15, -0.1) is 0 Å². The molecule has 72 heavy (non-hydrogen) atoms. The minimum absolute atomic E-state index is 0.143. The summed E-state index contributed by atoms with van der Waals surface area (Å²) in [5.74, 6) is 1.53. The Morgan fingerprint density at radius 3 is 2.31 bits per heavy atom. The van der Waals surface area contributed by atoms with E-state index in [0.29, 0.717) is 83.2 Å². The lowest BCUT2D eigenvalue weighted by molar-refractivity contribution is -0.149. The fourth-order valence-corrected chi connectivity index (χ4v) is 13.4. The second-order valence-corrected chi connectivity index (χ2v) is 23.2. The average Bonchev–Trinajstić information content (AvgIpc) is 3.79. The van der Waals surface area contributed by atoms with Gasteiger partial charge in [-0.05, 0) is 139 Å². The van der Waals surface area contributed by atoms with Crippen LogP contribution in [0.15, 0.2) is 48.9 Å². The number of nitrogens with one attached hydrogen (secondary N) is 2. The summed E-state index contributed by atoms with van der Waals surface area (Å²) >= 11 is 0. The molecule has 0 bridgehead atoms. The maximum absolute atomic E-state index is 15.3. The number of pyridine rings is 2. The predicted octanol–water partition coefficient (Wildman–Crippen LogP) is 6.94. The highest BCUT2D eigenvalue weighted by atomic mass is 16.2. The molecule has 1 unspecified atom stereocenters. The molecule has 5 amide bonds. The van der Waals surface area contributed by atoms with E-state index in [4.69, 9.17) is 9.97 Å². The first kappa shape index (κ1) is 47.1. The van der Waals surface area contributed by atoms with E-state index in [1.54, 1.807) is 6.20 Å². The van der Waals surface area contributed by atoms with Gasteiger partial charge >= 0.3 is 0 Å². The summed E-state index contributed by atoms with van der Waals surface area (Å²) in [6, 6.07) is 13.9. The number of likely N-dealkylation sites (tertiary alicyclic amines) is 3. The van der Waals surface area contributed by atoms with E-state index in [1.165, 1.54) is 19.3 Å². The zero-order valence-corrected chi connectivity index (χ0v) is 42.4. The first-order valence-corrected chi connectivity index (χ1v) is 27.3. The summed E-state index contributed by atoms with van der Waals surface area (Å²) in [7, 11) is 0. The molecular formula is C56H71N11O5. The van der Waals surface area contributed by atoms with E-state index in [1.807, 2.05) is 28.3 Å². The predicted molar refractivity (Wildman–Crippen MR) is 275 cm³/mol. The quantitative estimate of drug-likeness (QED) is 0.150. The molecule has 1 aromatic carbocycles. The lowest BCUT2D eigenvalue weighted by Gasteiger charge is -2.48. The van der Waals surface area contributed by atoms with Gasteiger partial charge in [0.15, 0.2) is 5.82 Å². The molecule has 4 aromatic rings. The van der Waals surface area contributed by atoms with Gasteiger partial charge in [0.05, 0.1) is 28.9 Å². The zero-order chi connectivity index (χ0) is 49.5. The SMILES string of the molecule is CC(C)n1cnc2cc(-c3ccc4c(c3)N(C3CC(N5CCCCC5)C3)C(=O)C43CCN(C(=O)C4(C)CCN(C(=O)C[C@H]5CCN(c6ccc(C7CCC(=O)NC7=O)cn6)C5)CC4)CC3)nc(NC3CC3)c21. The smallest absolute Gasteiger partial charge is 0.238 e. The summed E-state index contributed by atoms with van der Waals surface area (Å²) < 4.78 is 2.20. The number of hydrogen-bond acceptors (Lipinski definition) is 11. The normalized spacial score (nSPS) is 26.4. The van der Waals surface area contributed by atoms with Crippen molar-refractivity contribution in [3.8, 4) is 11.3 Å². The van der Waals surface area contributed by atoms with Crippen LogP contribution >= 0.6 is 0 Å². The Bertz CT molecular complexity index is 2780. The minimum atomic E-state index is -0.686. The molecular weight excluding hydrogens is 907 g/mol. The van der Waals surface area contributed by atoms with Crippen molar-refractivity contribution in [1.29, 1.82) is 0 Å². The minimum Gasteiger partial charge on any atom is -0.366 e. The summed E-state index contributed by atoms with van der Waals surface area (Å²) in [5, 5.41) is 6.13. The lowest BCUT2D eigenvalue weighted by Crippen LogP contribution is -2.59. The third-order valence-electron chi connectivity index (χ3n) is 18.2. The lowest BCUT2D eigenvalue weighted by atomic mass is 9.72. The molecule has 12 rings (SSSR count). The Kier molecular flexibility index (Phi) is 12.1. The van der Waals surface area contributed by atoms with Crippen molar-refractivity contribution >= 4 is 57.9 Å². The van der Waals surface area contributed by atoms with Gasteiger partial charge in [0.2, 0.25) is 29.5 Å². The van der Waals surface area contributed by atoms with Crippen molar-refractivity contribution < 1.29 is 24.0 Å². The zero-order valence-electron chi connectivity index (χ0n) is 42.4. The number of carbonyl (C=O) groups is 5. The van der Waals surface area contributed by atoms with Crippen LogP contribution in [0.25, 0.3) is 22.3 Å². The van der Waals surface area contributed by atoms with E-state index in [0.717, 1.165) is 109 Å². The highest BCUT2D eigenvalue weighted by molar-refractivity contribution is 6.09. The van der Waals surface area contributed by atoms with Crippen molar-refractivity contribution in [1.82, 2.24) is 39.5 Å². The van der Waals surface area contributed by atoms with Crippen LogP contribution in [-0.4, -0.2) is 134 Å². The van der Waals surface area contributed by atoms with Crippen LogP contribution in [0, 0.1) is 11.3 Å². The van der Waals surface area contributed by atoms with Crippen LogP contribution in [0.4, 0.5) is 17.3 Å². The van der Waals surface area contributed by atoms with Gasteiger partial charge in [0, 0.05) is 99.1 Å². The highest BCUT2D eigenvalue weighted by Crippen LogP contribution is 2.53. The molecule has 2 aliphatic carbocycles. The molecule has 6 aliphatic heterocycles. The Balaban J connectivity index is 0.702. The Morgan fingerprint density at radius 1 is 0.833 bits per heavy atom. The molecule has 2 saturated carbocycles. The first-order chi connectivity index (χ1) is 34.8. The van der Waals surface area contributed by atoms with Crippen LogP contribution < -0.4 is 20.4 Å². The third-order valence-corrected chi connectivity index (χ3v) is 18.2. The molecule has 16 heteroatoms. The molecule has 380 valence electrons. The number of imide groups is 1. The van der Waals surface area contributed by atoms with Crippen LogP contribution in [-0.2, 0) is 29.4 Å². The molecule has 0 radical (unpaired) electrons. The van der Waals surface area contributed by atoms with Gasteiger partial charge in [0.1, 0.15) is 11.3 Å². The van der Waals surface area contributed by atoms with E-state index in [-0.39, 0.29) is 53.5 Å². The second-order valence-electron chi connectivity index (χ2n) is 23.2. The van der Waals surface area contributed by atoms with Gasteiger partial charge < -0.3 is 34.4 Å². The summed E-state index contributed by atoms with van der Waals surface area (Å²) in [6.07, 6.45) is 16.3. The number of hydrogen-bond donors (Lipinski definition) is 2. The van der Waals surface area contributed by atoms with Gasteiger partial charge in [-0.2, -0.15) is 0 Å². The number of anilines is 3. The van der Waals surface area contributed by atoms with Crippen molar-refractivity contribution in [3.05, 3.63) is 60.0 Å². The topological polar surface area (TPSA) is 169 Å². The van der Waals surface area contributed by atoms with E-state index >= 15 is 4.79 Å². The van der Waals surface area contributed by atoms with Gasteiger partial charge in [0.25, 0.3) is 0 Å².